The molecule has 0 fully saturated rings. The van der Waals surface area contributed by atoms with Crippen LogP contribution in [0.5, 0.6) is 11.5 Å². The Balaban J connectivity index is 2.13. The highest BCUT2D eigenvalue weighted by atomic mass is 16.5. The van der Waals surface area contributed by atoms with E-state index >= 15 is 0 Å². The second-order valence-corrected chi connectivity index (χ2v) is 6.76. The third-order valence-corrected chi connectivity index (χ3v) is 4.82. The lowest BCUT2D eigenvalue weighted by Crippen LogP contribution is -2.06. The SMILES string of the molecule is CCOc1cc(C(c2ccccc2)c2ccc(C)c(OCC)c2)ccc1C. The molecule has 0 saturated heterocycles. The minimum absolute atomic E-state index is 0.130. The molecular formula is C25H28O2. The van der Waals surface area contributed by atoms with Gasteiger partial charge < -0.3 is 9.47 Å². The van der Waals surface area contributed by atoms with Gasteiger partial charge in [-0.3, -0.25) is 0 Å². The summed E-state index contributed by atoms with van der Waals surface area (Å²) in [5.74, 6) is 2.03. The lowest BCUT2D eigenvalue weighted by Gasteiger charge is -2.21. The van der Waals surface area contributed by atoms with Crippen LogP contribution in [-0.2, 0) is 0 Å². The van der Waals surface area contributed by atoms with Crippen molar-refractivity contribution >= 4 is 0 Å². The number of rotatable bonds is 7. The molecule has 3 rings (SSSR count). The molecule has 0 radical (unpaired) electrons. The van der Waals surface area contributed by atoms with Crippen LogP contribution in [-0.4, -0.2) is 13.2 Å². The summed E-state index contributed by atoms with van der Waals surface area (Å²) in [5, 5.41) is 0. The van der Waals surface area contributed by atoms with Gasteiger partial charge in [0.2, 0.25) is 0 Å². The van der Waals surface area contributed by atoms with Crippen LogP contribution in [0.2, 0.25) is 0 Å². The molecule has 0 aliphatic carbocycles. The maximum absolute atomic E-state index is 5.86. The van der Waals surface area contributed by atoms with Gasteiger partial charge in [-0.25, -0.2) is 0 Å². The monoisotopic (exact) mass is 360 g/mol. The van der Waals surface area contributed by atoms with Crippen molar-refractivity contribution in [2.75, 3.05) is 13.2 Å². The molecule has 2 nitrogen and oxygen atoms in total. The number of ether oxygens (including phenoxy) is 2. The highest BCUT2D eigenvalue weighted by Crippen LogP contribution is 2.36. The summed E-state index contributed by atoms with van der Waals surface area (Å²) in [4.78, 5) is 0. The summed E-state index contributed by atoms with van der Waals surface area (Å²) >= 11 is 0. The summed E-state index contributed by atoms with van der Waals surface area (Å²) in [6.07, 6.45) is 0. The average molecular weight is 360 g/mol. The van der Waals surface area contributed by atoms with Crippen LogP contribution in [0.1, 0.15) is 47.6 Å². The van der Waals surface area contributed by atoms with Crippen molar-refractivity contribution in [1.82, 2.24) is 0 Å². The van der Waals surface area contributed by atoms with E-state index in [0.717, 1.165) is 22.6 Å². The van der Waals surface area contributed by atoms with Gasteiger partial charge in [0.15, 0.2) is 0 Å². The van der Waals surface area contributed by atoms with Crippen molar-refractivity contribution in [3.63, 3.8) is 0 Å². The van der Waals surface area contributed by atoms with Gasteiger partial charge in [-0.2, -0.15) is 0 Å². The molecule has 0 atom stereocenters. The standard InChI is InChI=1S/C25H28O2/c1-5-26-23-16-21(14-12-18(23)3)25(20-10-8-7-9-11-20)22-15-13-19(4)24(17-22)27-6-2/h7-17,25H,5-6H2,1-4H3. The second kappa shape index (κ2) is 8.77. The first-order valence-corrected chi connectivity index (χ1v) is 9.65. The number of hydrogen-bond donors (Lipinski definition) is 0. The Morgan fingerprint density at radius 1 is 0.630 bits per heavy atom. The maximum atomic E-state index is 5.86. The summed E-state index contributed by atoms with van der Waals surface area (Å²) in [5.41, 5.74) is 6.02. The normalized spacial score (nSPS) is 10.9. The molecule has 0 spiro atoms. The topological polar surface area (TPSA) is 18.5 Å². The molecule has 3 aromatic carbocycles. The van der Waals surface area contributed by atoms with Crippen molar-refractivity contribution in [1.29, 1.82) is 0 Å². The van der Waals surface area contributed by atoms with Crippen LogP contribution in [0.25, 0.3) is 0 Å². The molecule has 0 aromatic heterocycles. The highest BCUT2D eigenvalue weighted by molar-refractivity contribution is 5.50. The van der Waals surface area contributed by atoms with Gasteiger partial charge in [0.25, 0.3) is 0 Å². The van der Waals surface area contributed by atoms with Gasteiger partial charge >= 0.3 is 0 Å². The van der Waals surface area contributed by atoms with Crippen LogP contribution in [0.3, 0.4) is 0 Å². The van der Waals surface area contributed by atoms with Gasteiger partial charge in [-0.15, -0.1) is 0 Å². The van der Waals surface area contributed by atoms with Crippen molar-refractivity contribution in [3.05, 3.63) is 94.5 Å². The van der Waals surface area contributed by atoms with E-state index in [1.165, 1.54) is 16.7 Å². The Morgan fingerprint density at radius 3 is 1.56 bits per heavy atom. The van der Waals surface area contributed by atoms with Gasteiger partial charge in [-0.05, 0) is 67.6 Å². The smallest absolute Gasteiger partial charge is 0.122 e. The Morgan fingerprint density at radius 2 is 1.11 bits per heavy atom. The van der Waals surface area contributed by atoms with Crippen molar-refractivity contribution in [3.8, 4) is 11.5 Å². The Bertz CT molecular complexity index is 829. The number of aryl methyl sites for hydroxylation is 2. The van der Waals surface area contributed by atoms with E-state index < -0.39 is 0 Å². The minimum Gasteiger partial charge on any atom is -0.494 e. The lowest BCUT2D eigenvalue weighted by atomic mass is 9.84. The zero-order valence-corrected chi connectivity index (χ0v) is 16.7. The zero-order valence-electron chi connectivity index (χ0n) is 16.7. The molecule has 0 N–H and O–H groups in total. The highest BCUT2D eigenvalue weighted by Gasteiger charge is 2.19. The van der Waals surface area contributed by atoms with Crippen LogP contribution >= 0.6 is 0 Å². The molecule has 0 amide bonds. The molecule has 3 aromatic rings. The predicted molar refractivity (Wildman–Crippen MR) is 112 cm³/mol. The van der Waals surface area contributed by atoms with E-state index in [0.29, 0.717) is 13.2 Å². The Hall–Kier alpha value is -2.74. The Labute approximate surface area is 162 Å². The molecule has 0 aliphatic rings. The van der Waals surface area contributed by atoms with Crippen molar-refractivity contribution < 1.29 is 9.47 Å². The molecule has 0 saturated carbocycles. The van der Waals surface area contributed by atoms with Crippen LogP contribution in [0.4, 0.5) is 0 Å². The summed E-state index contributed by atoms with van der Waals surface area (Å²) < 4.78 is 11.7. The summed E-state index contributed by atoms with van der Waals surface area (Å²) in [6, 6.07) is 23.7. The molecule has 0 bridgehead atoms. The van der Waals surface area contributed by atoms with Gasteiger partial charge in [0, 0.05) is 5.92 Å². The molecule has 2 heteroatoms. The van der Waals surface area contributed by atoms with Gasteiger partial charge in [-0.1, -0.05) is 54.6 Å². The van der Waals surface area contributed by atoms with Gasteiger partial charge in [0.05, 0.1) is 13.2 Å². The predicted octanol–water partition coefficient (Wildman–Crippen LogP) is 6.28. The minimum atomic E-state index is 0.130. The van der Waals surface area contributed by atoms with E-state index in [4.69, 9.17) is 9.47 Å². The van der Waals surface area contributed by atoms with Gasteiger partial charge in [0.1, 0.15) is 11.5 Å². The van der Waals surface area contributed by atoms with E-state index in [1.807, 2.05) is 13.8 Å². The zero-order chi connectivity index (χ0) is 19.2. The van der Waals surface area contributed by atoms with E-state index in [2.05, 4.69) is 80.6 Å². The van der Waals surface area contributed by atoms with Crippen LogP contribution in [0, 0.1) is 13.8 Å². The maximum Gasteiger partial charge on any atom is 0.122 e. The molecule has 140 valence electrons. The van der Waals surface area contributed by atoms with Crippen LogP contribution < -0.4 is 9.47 Å². The summed E-state index contributed by atoms with van der Waals surface area (Å²) in [6.45, 7) is 9.56. The fourth-order valence-corrected chi connectivity index (χ4v) is 3.44. The molecule has 27 heavy (non-hydrogen) atoms. The third-order valence-electron chi connectivity index (χ3n) is 4.82. The average Bonchev–Trinajstić information content (AvgIpc) is 2.68. The molecular weight excluding hydrogens is 332 g/mol. The largest absolute Gasteiger partial charge is 0.494 e. The fourth-order valence-electron chi connectivity index (χ4n) is 3.44. The fraction of sp³-hybridized carbons (Fsp3) is 0.280. The van der Waals surface area contributed by atoms with E-state index in [1.54, 1.807) is 0 Å². The Kier molecular flexibility index (Phi) is 6.18. The molecule has 0 heterocycles. The van der Waals surface area contributed by atoms with Crippen molar-refractivity contribution in [2.45, 2.75) is 33.6 Å². The van der Waals surface area contributed by atoms with E-state index in [-0.39, 0.29) is 5.92 Å². The van der Waals surface area contributed by atoms with Crippen molar-refractivity contribution in [2.24, 2.45) is 0 Å². The first kappa shape index (κ1) is 19.0. The molecule has 0 unspecified atom stereocenters. The summed E-state index contributed by atoms with van der Waals surface area (Å²) in [7, 11) is 0. The number of hydrogen-bond acceptors (Lipinski definition) is 2. The van der Waals surface area contributed by atoms with Crippen LogP contribution in [0.15, 0.2) is 66.7 Å². The third kappa shape index (κ3) is 4.33. The quantitative estimate of drug-likeness (QED) is 0.462. The first-order valence-electron chi connectivity index (χ1n) is 9.65. The second-order valence-electron chi connectivity index (χ2n) is 6.76. The lowest BCUT2D eigenvalue weighted by molar-refractivity contribution is 0.337. The first-order chi connectivity index (χ1) is 13.1. The van der Waals surface area contributed by atoms with E-state index in [9.17, 15) is 0 Å². The molecule has 0 aliphatic heterocycles. The number of benzene rings is 3.